The molecule has 17 heavy (non-hydrogen) atoms. The molecule has 1 aliphatic carbocycles. The van der Waals surface area contributed by atoms with E-state index in [9.17, 15) is 13.6 Å². The van der Waals surface area contributed by atoms with Crippen molar-refractivity contribution in [2.75, 3.05) is 0 Å². The molecule has 0 bridgehead atoms. The highest BCUT2D eigenvalue weighted by Crippen LogP contribution is 2.25. The van der Waals surface area contributed by atoms with Gasteiger partial charge in [0.05, 0.1) is 5.56 Å². The predicted octanol–water partition coefficient (Wildman–Crippen LogP) is 2.88. The zero-order valence-corrected chi connectivity index (χ0v) is 9.67. The van der Waals surface area contributed by atoms with Crippen LogP contribution in [-0.2, 0) is 0 Å². The van der Waals surface area contributed by atoms with Crippen molar-refractivity contribution >= 4 is 5.91 Å². The largest absolute Gasteiger partial charge is 0.349 e. The second-order valence-corrected chi connectivity index (χ2v) is 4.61. The normalized spacial score (nSPS) is 23.7. The zero-order chi connectivity index (χ0) is 12.4. The highest BCUT2D eigenvalue weighted by molar-refractivity contribution is 5.94. The summed E-state index contributed by atoms with van der Waals surface area (Å²) in [5, 5.41) is 2.77. The van der Waals surface area contributed by atoms with Crippen molar-refractivity contribution in [3.05, 3.63) is 35.4 Å². The molecular formula is C13H15F2NO. The first kappa shape index (κ1) is 12.0. The van der Waals surface area contributed by atoms with Gasteiger partial charge in [-0.3, -0.25) is 4.79 Å². The van der Waals surface area contributed by atoms with Crippen molar-refractivity contribution in [1.82, 2.24) is 5.32 Å². The maximum absolute atomic E-state index is 13.4. The average Bonchev–Trinajstić information content (AvgIpc) is 2.68. The molecule has 0 spiro atoms. The van der Waals surface area contributed by atoms with Crippen molar-refractivity contribution in [1.29, 1.82) is 0 Å². The molecule has 0 saturated heterocycles. The molecule has 1 saturated carbocycles. The van der Waals surface area contributed by atoms with Crippen molar-refractivity contribution in [3.8, 4) is 0 Å². The molecule has 4 heteroatoms. The first-order valence-electron chi connectivity index (χ1n) is 5.84. The molecule has 1 amide bonds. The lowest BCUT2D eigenvalue weighted by Crippen LogP contribution is -2.36. The molecule has 2 unspecified atom stereocenters. The van der Waals surface area contributed by atoms with Crippen LogP contribution in [0.15, 0.2) is 18.2 Å². The summed E-state index contributed by atoms with van der Waals surface area (Å²) >= 11 is 0. The third-order valence-corrected chi connectivity index (χ3v) is 3.35. The molecule has 1 aromatic rings. The van der Waals surface area contributed by atoms with Crippen molar-refractivity contribution in [2.45, 2.75) is 32.2 Å². The lowest BCUT2D eigenvalue weighted by atomic mass is 10.1. The Hall–Kier alpha value is -1.45. The second-order valence-electron chi connectivity index (χ2n) is 4.61. The molecule has 1 aromatic carbocycles. The Bertz CT molecular complexity index is 433. The Kier molecular flexibility index (Phi) is 3.41. The zero-order valence-electron chi connectivity index (χ0n) is 9.67. The monoisotopic (exact) mass is 239 g/mol. The molecule has 2 nitrogen and oxygen atoms in total. The van der Waals surface area contributed by atoms with Gasteiger partial charge in [-0.15, -0.1) is 0 Å². The molecular weight excluding hydrogens is 224 g/mol. The van der Waals surface area contributed by atoms with Crippen LogP contribution < -0.4 is 5.32 Å². The molecule has 0 aliphatic heterocycles. The maximum atomic E-state index is 13.4. The fourth-order valence-corrected chi connectivity index (χ4v) is 2.28. The highest BCUT2D eigenvalue weighted by atomic mass is 19.1. The van der Waals surface area contributed by atoms with Gasteiger partial charge in [-0.05, 0) is 37.0 Å². The Balaban J connectivity index is 2.11. The summed E-state index contributed by atoms with van der Waals surface area (Å²) in [7, 11) is 0. The van der Waals surface area contributed by atoms with Crippen LogP contribution in [0.3, 0.4) is 0 Å². The summed E-state index contributed by atoms with van der Waals surface area (Å²) in [5.74, 6) is -1.41. The van der Waals surface area contributed by atoms with Gasteiger partial charge in [0.1, 0.15) is 11.6 Å². The van der Waals surface area contributed by atoms with E-state index in [0.717, 1.165) is 37.5 Å². The van der Waals surface area contributed by atoms with Gasteiger partial charge in [-0.2, -0.15) is 0 Å². The molecule has 1 N–H and O–H groups in total. The van der Waals surface area contributed by atoms with Crippen LogP contribution in [0, 0.1) is 17.6 Å². The molecule has 1 aliphatic rings. The standard InChI is InChI=1S/C13H15F2NO/c1-8-3-2-4-12(8)16-13(17)10-7-9(14)5-6-11(10)15/h5-8,12H,2-4H2,1H3,(H,16,17). The van der Waals surface area contributed by atoms with Crippen LogP contribution in [0.1, 0.15) is 36.5 Å². The average molecular weight is 239 g/mol. The van der Waals surface area contributed by atoms with E-state index in [1.54, 1.807) is 0 Å². The van der Waals surface area contributed by atoms with E-state index in [0.29, 0.717) is 5.92 Å². The summed E-state index contributed by atoms with van der Waals surface area (Å²) in [6.45, 7) is 2.06. The van der Waals surface area contributed by atoms with E-state index >= 15 is 0 Å². The van der Waals surface area contributed by atoms with Crippen LogP contribution >= 0.6 is 0 Å². The fourth-order valence-electron chi connectivity index (χ4n) is 2.28. The van der Waals surface area contributed by atoms with Gasteiger partial charge < -0.3 is 5.32 Å². The van der Waals surface area contributed by atoms with E-state index in [1.807, 2.05) is 0 Å². The minimum absolute atomic E-state index is 0.0742. The van der Waals surface area contributed by atoms with E-state index in [1.165, 1.54) is 0 Å². The molecule has 1 fully saturated rings. The Morgan fingerprint density at radius 3 is 2.76 bits per heavy atom. The van der Waals surface area contributed by atoms with Crippen LogP contribution in [0.4, 0.5) is 8.78 Å². The van der Waals surface area contributed by atoms with Gasteiger partial charge in [-0.25, -0.2) is 8.78 Å². The summed E-state index contributed by atoms with van der Waals surface area (Å²) < 4.78 is 26.3. The number of benzene rings is 1. The first-order chi connectivity index (χ1) is 8.08. The predicted molar refractivity (Wildman–Crippen MR) is 60.6 cm³/mol. The summed E-state index contributed by atoms with van der Waals surface area (Å²) in [6, 6.07) is 2.99. The van der Waals surface area contributed by atoms with Crippen LogP contribution in [0.2, 0.25) is 0 Å². The quantitative estimate of drug-likeness (QED) is 0.844. The van der Waals surface area contributed by atoms with Crippen LogP contribution in [-0.4, -0.2) is 11.9 Å². The van der Waals surface area contributed by atoms with E-state index in [-0.39, 0.29) is 11.6 Å². The Morgan fingerprint density at radius 1 is 1.35 bits per heavy atom. The molecule has 0 heterocycles. The number of carbonyl (C=O) groups is 1. The lowest BCUT2D eigenvalue weighted by molar-refractivity contribution is 0.0925. The minimum Gasteiger partial charge on any atom is -0.349 e. The van der Waals surface area contributed by atoms with Crippen LogP contribution in [0.5, 0.6) is 0 Å². The molecule has 92 valence electrons. The number of nitrogens with one attached hydrogen (secondary N) is 1. The van der Waals surface area contributed by atoms with Gasteiger partial charge in [0.15, 0.2) is 0 Å². The smallest absolute Gasteiger partial charge is 0.254 e. The molecule has 0 aromatic heterocycles. The molecule has 0 radical (unpaired) electrons. The number of halogens is 2. The lowest BCUT2D eigenvalue weighted by Gasteiger charge is -2.17. The SMILES string of the molecule is CC1CCCC1NC(=O)c1cc(F)ccc1F. The molecule has 2 rings (SSSR count). The number of amides is 1. The third-order valence-electron chi connectivity index (χ3n) is 3.35. The first-order valence-corrected chi connectivity index (χ1v) is 5.84. The Labute approximate surface area is 99.0 Å². The fraction of sp³-hybridized carbons (Fsp3) is 0.462. The molecule has 2 atom stereocenters. The summed E-state index contributed by atoms with van der Waals surface area (Å²) in [6.07, 6.45) is 3.04. The topological polar surface area (TPSA) is 29.1 Å². The second kappa shape index (κ2) is 4.82. The number of hydrogen-bond donors (Lipinski definition) is 1. The van der Waals surface area contributed by atoms with E-state index < -0.39 is 17.5 Å². The summed E-state index contributed by atoms with van der Waals surface area (Å²) in [5.41, 5.74) is -0.218. The number of rotatable bonds is 2. The van der Waals surface area contributed by atoms with E-state index in [4.69, 9.17) is 0 Å². The van der Waals surface area contributed by atoms with Crippen molar-refractivity contribution in [3.63, 3.8) is 0 Å². The van der Waals surface area contributed by atoms with Gasteiger partial charge in [0.2, 0.25) is 0 Å². The number of hydrogen-bond acceptors (Lipinski definition) is 1. The van der Waals surface area contributed by atoms with E-state index in [2.05, 4.69) is 12.2 Å². The Morgan fingerprint density at radius 2 is 2.12 bits per heavy atom. The highest BCUT2D eigenvalue weighted by Gasteiger charge is 2.26. The number of carbonyl (C=O) groups excluding carboxylic acids is 1. The maximum Gasteiger partial charge on any atom is 0.254 e. The van der Waals surface area contributed by atoms with Gasteiger partial charge in [0, 0.05) is 6.04 Å². The third kappa shape index (κ3) is 2.62. The van der Waals surface area contributed by atoms with Crippen LogP contribution in [0.25, 0.3) is 0 Å². The van der Waals surface area contributed by atoms with Crippen molar-refractivity contribution < 1.29 is 13.6 Å². The van der Waals surface area contributed by atoms with Gasteiger partial charge >= 0.3 is 0 Å². The summed E-state index contributed by atoms with van der Waals surface area (Å²) in [4.78, 5) is 11.8. The minimum atomic E-state index is -0.686. The van der Waals surface area contributed by atoms with Gasteiger partial charge in [0.25, 0.3) is 5.91 Å². The van der Waals surface area contributed by atoms with Gasteiger partial charge in [-0.1, -0.05) is 13.3 Å². The van der Waals surface area contributed by atoms with Crippen molar-refractivity contribution in [2.24, 2.45) is 5.92 Å².